The van der Waals surface area contributed by atoms with Gasteiger partial charge in [0.2, 0.25) is 5.88 Å². The Hall–Kier alpha value is -3.00. The van der Waals surface area contributed by atoms with Crippen molar-refractivity contribution in [3.8, 4) is 11.6 Å². The van der Waals surface area contributed by atoms with E-state index in [2.05, 4.69) is 15.0 Å². The molecule has 0 unspecified atom stereocenters. The predicted octanol–water partition coefficient (Wildman–Crippen LogP) is 4.42. The van der Waals surface area contributed by atoms with Crippen molar-refractivity contribution in [3.63, 3.8) is 0 Å². The van der Waals surface area contributed by atoms with Crippen LogP contribution in [0, 0.1) is 19.7 Å². The van der Waals surface area contributed by atoms with E-state index in [1.165, 1.54) is 12.4 Å². The minimum absolute atomic E-state index is 0.0222. The molecule has 0 aliphatic carbocycles. The molecule has 25 heavy (non-hydrogen) atoms. The summed E-state index contributed by atoms with van der Waals surface area (Å²) < 4.78 is 20.4. The van der Waals surface area contributed by atoms with Gasteiger partial charge in [0, 0.05) is 16.6 Å². The van der Waals surface area contributed by atoms with Crippen molar-refractivity contribution in [1.82, 2.24) is 15.0 Å². The number of hydrogen-bond donors (Lipinski definition) is 2. The summed E-state index contributed by atoms with van der Waals surface area (Å²) in [5.41, 5.74) is 2.02. The highest BCUT2D eigenvalue weighted by Crippen LogP contribution is 2.37. The largest absolute Gasteiger partial charge is 0.477 e. The van der Waals surface area contributed by atoms with Gasteiger partial charge < -0.3 is 14.8 Å². The Kier molecular flexibility index (Phi) is 3.43. The second kappa shape index (κ2) is 5.52. The summed E-state index contributed by atoms with van der Waals surface area (Å²) in [7, 11) is 0. The van der Waals surface area contributed by atoms with Gasteiger partial charge in [-0.05, 0) is 37.6 Å². The van der Waals surface area contributed by atoms with E-state index < -0.39 is 11.8 Å². The smallest absolute Gasteiger partial charge is 0.346 e. The van der Waals surface area contributed by atoms with Gasteiger partial charge in [0.1, 0.15) is 16.0 Å². The van der Waals surface area contributed by atoms with Crippen LogP contribution in [-0.2, 0) is 0 Å². The van der Waals surface area contributed by atoms with Crippen LogP contribution in [0.5, 0.6) is 11.6 Å². The first kappa shape index (κ1) is 15.5. The number of aromatic carboxylic acids is 1. The molecule has 0 amide bonds. The molecule has 3 heterocycles. The first-order chi connectivity index (χ1) is 12.0. The maximum atomic E-state index is 14.7. The molecule has 4 aromatic rings. The number of rotatable bonds is 3. The Bertz CT molecular complexity index is 1150. The second-order valence-corrected chi connectivity index (χ2v) is 6.61. The lowest BCUT2D eigenvalue weighted by atomic mass is 10.2. The number of carboxylic acids is 1. The Morgan fingerprint density at radius 1 is 1.32 bits per heavy atom. The quantitative estimate of drug-likeness (QED) is 0.567. The number of thiophene rings is 1. The molecule has 6 nitrogen and oxygen atoms in total. The lowest BCUT2D eigenvalue weighted by Crippen LogP contribution is -1.96. The molecule has 126 valence electrons. The minimum Gasteiger partial charge on any atom is -0.477 e. The number of nitrogens with zero attached hydrogens (tertiary/aromatic N) is 2. The fourth-order valence-electron chi connectivity index (χ4n) is 2.79. The zero-order valence-electron chi connectivity index (χ0n) is 13.3. The Labute approximate surface area is 144 Å². The van der Waals surface area contributed by atoms with Crippen LogP contribution in [0.4, 0.5) is 4.39 Å². The van der Waals surface area contributed by atoms with Gasteiger partial charge in [-0.25, -0.2) is 19.2 Å². The van der Waals surface area contributed by atoms with E-state index in [1.54, 1.807) is 19.1 Å². The van der Waals surface area contributed by atoms with E-state index in [0.717, 1.165) is 17.0 Å². The third-order valence-corrected chi connectivity index (χ3v) is 5.12. The standard InChI is InChI=1S/C17H12FN3O3S/c1-7-5-9-10(21-7)3-4-11(13(9)18)24-15-12-8(2)14(17(22)23)25-16(12)20-6-19-15/h3-6,21H,1-2H3,(H,22,23). The molecule has 0 fully saturated rings. The molecule has 0 spiro atoms. The van der Waals surface area contributed by atoms with Gasteiger partial charge in [-0.3, -0.25) is 0 Å². The monoisotopic (exact) mass is 357 g/mol. The summed E-state index contributed by atoms with van der Waals surface area (Å²) >= 11 is 1.04. The number of carbonyl (C=O) groups is 1. The SMILES string of the molecule is Cc1cc2c(F)c(Oc3ncnc4sc(C(=O)O)c(C)c34)ccc2[nH]1. The minimum atomic E-state index is -1.04. The molecule has 4 rings (SSSR count). The molecule has 2 N–H and O–H groups in total. The highest BCUT2D eigenvalue weighted by molar-refractivity contribution is 7.20. The van der Waals surface area contributed by atoms with E-state index in [0.29, 0.717) is 26.7 Å². The van der Waals surface area contributed by atoms with Crippen LogP contribution >= 0.6 is 11.3 Å². The van der Waals surface area contributed by atoms with Gasteiger partial charge in [-0.1, -0.05) is 0 Å². The van der Waals surface area contributed by atoms with Crippen LogP contribution in [0.1, 0.15) is 20.9 Å². The fraction of sp³-hybridized carbons (Fsp3) is 0.118. The van der Waals surface area contributed by atoms with Crippen molar-refractivity contribution < 1.29 is 19.0 Å². The fourth-order valence-corrected chi connectivity index (χ4v) is 3.77. The summed E-state index contributed by atoms with van der Waals surface area (Å²) in [6.07, 6.45) is 1.27. The number of aryl methyl sites for hydroxylation is 2. The van der Waals surface area contributed by atoms with E-state index in [-0.39, 0.29) is 16.5 Å². The van der Waals surface area contributed by atoms with Crippen LogP contribution in [0.25, 0.3) is 21.1 Å². The zero-order valence-corrected chi connectivity index (χ0v) is 14.1. The number of carboxylic acid groups (broad SMARTS) is 1. The first-order valence-electron chi connectivity index (χ1n) is 7.38. The van der Waals surface area contributed by atoms with Crippen molar-refractivity contribution in [1.29, 1.82) is 0 Å². The number of ether oxygens (including phenoxy) is 1. The molecule has 0 atom stereocenters. The highest BCUT2D eigenvalue weighted by atomic mass is 32.1. The lowest BCUT2D eigenvalue weighted by Gasteiger charge is -2.08. The maximum Gasteiger partial charge on any atom is 0.346 e. The van der Waals surface area contributed by atoms with Crippen LogP contribution in [0.3, 0.4) is 0 Å². The molecule has 0 aliphatic heterocycles. The normalized spacial score (nSPS) is 11.3. The average Bonchev–Trinajstić information content (AvgIpc) is 3.11. The van der Waals surface area contributed by atoms with Crippen LogP contribution in [0.15, 0.2) is 24.5 Å². The van der Waals surface area contributed by atoms with Crippen molar-refractivity contribution in [2.24, 2.45) is 0 Å². The molecule has 1 aromatic carbocycles. The van der Waals surface area contributed by atoms with Crippen LogP contribution in [-0.4, -0.2) is 26.0 Å². The molecule has 3 aromatic heterocycles. The molecule has 0 bridgehead atoms. The summed E-state index contributed by atoms with van der Waals surface area (Å²) in [4.78, 5) is 23.2. The highest BCUT2D eigenvalue weighted by Gasteiger charge is 2.21. The van der Waals surface area contributed by atoms with E-state index in [4.69, 9.17) is 4.74 Å². The number of halogens is 1. The van der Waals surface area contributed by atoms with Gasteiger partial charge in [-0.15, -0.1) is 11.3 Å². The molecular weight excluding hydrogens is 345 g/mol. The molecule has 0 saturated carbocycles. The van der Waals surface area contributed by atoms with Crippen molar-refractivity contribution in [2.45, 2.75) is 13.8 Å². The number of aromatic nitrogens is 3. The van der Waals surface area contributed by atoms with Crippen molar-refractivity contribution >= 4 is 38.4 Å². The van der Waals surface area contributed by atoms with Gasteiger partial charge in [0.25, 0.3) is 0 Å². The third-order valence-electron chi connectivity index (χ3n) is 3.93. The van der Waals surface area contributed by atoms with E-state index >= 15 is 0 Å². The zero-order chi connectivity index (χ0) is 17.7. The van der Waals surface area contributed by atoms with Crippen molar-refractivity contribution in [3.05, 3.63) is 46.5 Å². The average molecular weight is 357 g/mol. The van der Waals surface area contributed by atoms with Gasteiger partial charge in [0.15, 0.2) is 11.6 Å². The summed E-state index contributed by atoms with van der Waals surface area (Å²) in [6, 6.07) is 4.94. The molecule has 0 aliphatic rings. The number of H-pyrrole nitrogens is 1. The maximum absolute atomic E-state index is 14.7. The van der Waals surface area contributed by atoms with Crippen LogP contribution < -0.4 is 4.74 Å². The third kappa shape index (κ3) is 2.42. The molecule has 0 saturated heterocycles. The molecule has 8 heteroatoms. The van der Waals surface area contributed by atoms with Crippen molar-refractivity contribution in [2.75, 3.05) is 0 Å². The molecule has 0 radical (unpaired) electrons. The first-order valence-corrected chi connectivity index (χ1v) is 8.20. The van der Waals surface area contributed by atoms with Gasteiger partial charge in [-0.2, -0.15) is 0 Å². The Morgan fingerprint density at radius 3 is 2.88 bits per heavy atom. The van der Waals surface area contributed by atoms with E-state index in [1.807, 2.05) is 6.92 Å². The molecular formula is C17H12FN3O3S. The Morgan fingerprint density at radius 2 is 2.12 bits per heavy atom. The number of nitrogens with one attached hydrogen (secondary N) is 1. The second-order valence-electron chi connectivity index (χ2n) is 5.61. The lowest BCUT2D eigenvalue weighted by molar-refractivity contribution is 0.0701. The van der Waals surface area contributed by atoms with Crippen LogP contribution in [0.2, 0.25) is 0 Å². The predicted molar refractivity (Wildman–Crippen MR) is 92.2 cm³/mol. The summed E-state index contributed by atoms with van der Waals surface area (Å²) in [5.74, 6) is -1.38. The summed E-state index contributed by atoms with van der Waals surface area (Å²) in [5, 5.41) is 10.2. The number of aromatic amines is 1. The van der Waals surface area contributed by atoms with Gasteiger partial charge >= 0.3 is 5.97 Å². The Balaban J connectivity index is 1.86. The summed E-state index contributed by atoms with van der Waals surface area (Å²) in [6.45, 7) is 3.50. The topological polar surface area (TPSA) is 88.1 Å². The van der Waals surface area contributed by atoms with E-state index in [9.17, 15) is 14.3 Å². The number of fused-ring (bicyclic) bond motifs is 2. The van der Waals surface area contributed by atoms with Gasteiger partial charge in [0.05, 0.1) is 5.39 Å². The number of hydrogen-bond acceptors (Lipinski definition) is 5. The number of benzene rings is 1.